The van der Waals surface area contributed by atoms with Crippen molar-refractivity contribution in [2.24, 2.45) is 0 Å². The summed E-state index contributed by atoms with van der Waals surface area (Å²) in [5.74, 6) is 0.223. The van der Waals surface area contributed by atoms with Gasteiger partial charge in [0.05, 0.1) is 0 Å². The van der Waals surface area contributed by atoms with Crippen LogP contribution in [0.1, 0.15) is 32.6 Å². The summed E-state index contributed by atoms with van der Waals surface area (Å²) in [6.07, 6.45) is 3.66. The number of hydrogen-bond donors (Lipinski definition) is 0. The Balaban J connectivity index is 0.00000196. The van der Waals surface area contributed by atoms with Gasteiger partial charge in [0, 0.05) is 25.3 Å². The number of hydrogen-bond acceptors (Lipinski definition) is 3. The number of amides is 1. The third kappa shape index (κ3) is 5.45. The van der Waals surface area contributed by atoms with Crippen molar-refractivity contribution in [1.29, 1.82) is 0 Å². The minimum Gasteiger partial charge on any atom is -0.772 e. The summed E-state index contributed by atoms with van der Waals surface area (Å²) in [4.78, 5) is 13.0. The molecule has 1 aliphatic heterocycles. The second-order valence-corrected chi connectivity index (χ2v) is 4.67. The molecule has 0 aromatic heterocycles. The van der Waals surface area contributed by atoms with E-state index in [0.717, 1.165) is 25.8 Å². The van der Waals surface area contributed by atoms with Crippen LogP contribution in [-0.4, -0.2) is 37.9 Å². The van der Waals surface area contributed by atoms with Gasteiger partial charge in [0.2, 0.25) is 5.91 Å². The molecule has 0 aliphatic carbocycles. The molecule has 1 amide bonds. The van der Waals surface area contributed by atoms with Crippen LogP contribution in [0.5, 0.6) is 0 Å². The zero-order chi connectivity index (χ0) is 10.6. The van der Waals surface area contributed by atoms with E-state index in [9.17, 15) is 13.6 Å². The smallest absolute Gasteiger partial charge is 0.772 e. The second-order valence-electron chi connectivity index (χ2n) is 3.66. The molecule has 2 atom stereocenters. The summed E-state index contributed by atoms with van der Waals surface area (Å²) in [5, 5.41) is 0. The van der Waals surface area contributed by atoms with Crippen molar-refractivity contribution in [3.05, 3.63) is 0 Å². The second kappa shape index (κ2) is 7.79. The molecule has 82 valence electrons. The number of rotatable bonds is 3. The average Bonchev–Trinajstić information content (AvgIpc) is 2.15. The summed E-state index contributed by atoms with van der Waals surface area (Å²) in [6, 6.07) is 0.138. The van der Waals surface area contributed by atoms with E-state index in [4.69, 9.17) is 0 Å². The van der Waals surface area contributed by atoms with Crippen LogP contribution < -0.4 is 29.6 Å². The first kappa shape index (κ1) is 15.6. The van der Waals surface area contributed by atoms with Crippen LogP contribution in [0.15, 0.2) is 0 Å². The van der Waals surface area contributed by atoms with Crippen molar-refractivity contribution in [3.8, 4) is 0 Å². The Morgan fingerprint density at radius 2 is 2.20 bits per heavy atom. The van der Waals surface area contributed by atoms with Crippen LogP contribution >= 0.6 is 0 Å². The molecule has 1 rings (SSSR count). The molecule has 2 unspecified atom stereocenters. The first-order valence-electron chi connectivity index (χ1n) is 4.94. The van der Waals surface area contributed by atoms with E-state index >= 15 is 0 Å². The molecule has 0 aromatic carbocycles. The van der Waals surface area contributed by atoms with E-state index in [1.165, 1.54) is 0 Å². The molecule has 1 aliphatic rings. The fourth-order valence-electron chi connectivity index (χ4n) is 1.95. The molecule has 6 heteroatoms. The van der Waals surface area contributed by atoms with Gasteiger partial charge in [0.1, 0.15) is 0 Å². The van der Waals surface area contributed by atoms with E-state index in [2.05, 4.69) is 0 Å². The Morgan fingerprint density at radius 3 is 2.73 bits per heavy atom. The van der Waals surface area contributed by atoms with Crippen molar-refractivity contribution in [2.75, 3.05) is 12.3 Å². The summed E-state index contributed by atoms with van der Waals surface area (Å²) in [5.41, 5.74) is 0. The number of carbonyl (C=O) groups excluding carboxylic acids is 1. The van der Waals surface area contributed by atoms with Crippen molar-refractivity contribution in [3.63, 3.8) is 0 Å². The van der Waals surface area contributed by atoms with Gasteiger partial charge in [0.25, 0.3) is 0 Å². The maximum Gasteiger partial charge on any atom is 1.00 e. The SMILES string of the molecule is CC(=O)N1CCCCC1CCS(=O)[O-].[Na+]. The molecule has 0 N–H and O–H groups in total. The summed E-state index contributed by atoms with van der Waals surface area (Å²) >= 11 is -1.98. The Labute approximate surface area is 115 Å². The molecule has 1 saturated heterocycles. The molecule has 1 heterocycles. The maximum atomic E-state index is 11.2. The van der Waals surface area contributed by atoms with Crippen LogP contribution in [0.3, 0.4) is 0 Å². The van der Waals surface area contributed by atoms with E-state index < -0.39 is 11.1 Å². The van der Waals surface area contributed by atoms with Crippen LogP contribution in [0.2, 0.25) is 0 Å². The predicted octanol–water partition coefficient (Wildman–Crippen LogP) is -2.34. The Kier molecular flexibility index (Phi) is 8.09. The summed E-state index contributed by atoms with van der Waals surface area (Å²) in [7, 11) is 0. The van der Waals surface area contributed by atoms with E-state index in [1.54, 1.807) is 11.8 Å². The van der Waals surface area contributed by atoms with Gasteiger partial charge in [-0.25, -0.2) is 0 Å². The van der Waals surface area contributed by atoms with Crippen molar-refractivity contribution >= 4 is 17.0 Å². The monoisotopic (exact) mass is 241 g/mol. The van der Waals surface area contributed by atoms with Gasteiger partial charge in [-0.05, 0) is 25.7 Å². The van der Waals surface area contributed by atoms with Crippen molar-refractivity contribution in [1.82, 2.24) is 4.90 Å². The van der Waals surface area contributed by atoms with Gasteiger partial charge in [0.15, 0.2) is 0 Å². The molecule has 0 radical (unpaired) electrons. The zero-order valence-corrected chi connectivity index (χ0v) is 12.2. The molecule has 4 nitrogen and oxygen atoms in total. The summed E-state index contributed by atoms with van der Waals surface area (Å²) < 4.78 is 20.8. The molecular weight excluding hydrogens is 225 g/mol. The molecule has 15 heavy (non-hydrogen) atoms. The Bertz CT molecular complexity index is 237. The van der Waals surface area contributed by atoms with Crippen LogP contribution in [-0.2, 0) is 15.9 Å². The molecule has 0 saturated carbocycles. The van der Waals surface area contributed by atoms with Gasteiger partial charge in [-0.1, -0.05) is 11.1 Å². The Hall–Kier alpha value is 0.580. The largest absolute Gasteiger partial charge is 1.00 e. The zero-order valence-electron chi connectivity index (χ0n) is 9.40. The fourth-order valence-corrected chi connectivity index (χ4v) is 2.41. The van der Waals surface area contributed by atoms with Gasteiger partial charge < -0.3 is 9.45 Å². The normalized spacial score (nSPS) is 23.1. The van der Waals surface area contributed by atoms with Gasteiger partial charge >= 0.3 is 29.6 Å². The first-order chi connectivity index (χ1) is 6.61. The van der Waals surface area contributed by atoms with Crippen molar-refractivity contribution in [2.45, 2.75) is 38.6 Å². The third-order valence-corrected chi connectivity index (χ3v) is 3.22. The quantitative estimate of drug-likeness (QED) is 0.411. The maximum absolute atomic E-state index is 11.2. The van der Waals surface area contributed by atoms with Gasteiger partial charge in [-0.3, -0.25) is 9.00 Å². The van der Waals surface area contributed by atoms with Crippen LogP contribution in [0.4, 0.5) is 0 Å². The fraction of sp³-hybridized carbons (Fsp3) is 0.889. The number of piperidine rings is 1. The minimum absolute atomic E-state index is 0. The van der Waals surface area contributed by atoms with Crippen LogP contribution in [0.25, 0.3) is 0 Å². The molecule has 0 bridgehead atoms. The van der Waals surface area contributed by atoms with Gasteiger partial charge in [-0.15, -0.1) is 0 Å². The molecule has 0 spiro atoms. The van der Waals surface area contributed by atoms with Gasteiger partial charge in [-0.2, -0.15) is 0 Å². The molecular formula is C9H16NNaO3S. The third-order valence-electron chi connectivity index (χ3n) is 2.65. The molecule has 1 fully saturated rings. The Morgan fingerprint density at radius 1 is 1.53 bits per heavy atom. The van der Waals surface area contributed by atoms with E-state index in [1.807, 2.05) is 0 Å². The van der Waals surface area contributed by atoms with E-state index in [0.29, 0.717) is 6.42 Å². The predicted molar refractivity (Wildman–Crippen MR) is 53.4 cm³/mol. The number of carbonyl (C=O) groups is 1. The minimum atomic E-state index is -1.98. The van der Waals surface area contributed by atoms with Crippen LogP contribution in [0, 0.1) is 0 Å². The average molecular weight is 241 g/mol. The van der Waals surface area contributed by atoms with Crippen molar-refractivity contribution < 1.29 is 43.1 Å². The summed E-state index contributed by atoms with van der Waals surface area (Å²) in [6.45, 7) is 2.33. The van der Waals surface area contributed by atoms with E-state index in [-0.39, 0.29) is 47.3 Å². The first-order valence-corrected chi connectivity index (χ1v) is 6.18. The number of likely N-dealkylation sites (tertiary alicyclic amines) is 1. The number of nitrogens with zero attached hydrogens (tertiary/aromatic N) is 1. The standard InChI is InChI=1S/C9H17NO3S.Na/c1-8(11)10-6-3-2-4-9(10)5-7-14(12)13;/h9H,2-7H2,1H3,(H,12,13);/q;+1/p-1. The topological polar surface area (TPSA) is 60.4 Å². The molecule has 0 aromatic rings.